The normalized spacial score (nSPS) is 12.1. The van der Waals surface area contributed by atoms with Crippen molar-refractivity contribution >= 4 is 5.97 Å². The van der Waals surface area contributed by atoms with Gasteiger partial charge in [0.05, 0.1) is 7.11 Å². The Morgan fingerprint density at radius 2 is 2.11 bits per heavy atom. The zero-order valence-corrected chi connectivity index (χ0v) is 11.7. The van der Waals surface area contributed by atoms with E-state index in [2.05, 4.69) is 12.2 Å². The standard InChI is InChI=1S/C15H23NO3/c1-12(7-8-15(17)18)9-10-16-11-13-5-3-4-6-14(13)19-2/h3-6,12,16H,7-11H2,1-2H3,(H,17,18). The van der Waals surface area contributed by atoms with Crippen LogP contribution in [-0.4, -0.2) is 24.7 Å². The van der Waals surface area contributed by atoms with Gasteiger partial charge in [-0.25, -0.2) is 0 Å². The van der Waals surface area contributed by atoms with Crippen molar-refractivity contribution in [3.63, 3.8) is 0 Å². The predicted molar refractivity (Wildman–Crippen MR) is 75.4 cm³/mol. The molecule has 1 aromatic rings. The number of carboxylic acid groups (broad SMARTS) is 1. The lowest BCUT2D eigenvalue weighted by Gasteiger charge is -2.12. The van der Waals surface area contributed by atoms with Crippen molar-refractivity contribution in [1.29, 1.82) is 0 Å². The number of carboxylic acids is 1. The van der Waals surface area contributed by atoms with Crippen molar-refractivity contribution in [2.24, 2.45) is 5.92 Å². The lowest BCUT2D eigenvalue weighted by Crippen LogP contribution is -2.17. The van der Waals surface area contributed by atoms with Gasteiger partial charge in [0.25, 0.3) is 0 Å². The van der Waals surface area contributed by atoms with Gasteiger partial charge in [0, 0.05) is 18.5 Å². The van der Waals surface area contributed by atoms with Crippen molar-refractivity contribution in [2.45, 2.75) is 32.7 Å². The fourth-order valence-corrected chi connectivity index (χ4v) is 1.93. The fourth-order valence-electron chi connectivity index (χ4n) is 1.93. The van der Waals surface area contributed by atoms with Gasteiger partial charge in [-0.2, -0.15) is 0 Å². The molecule has 0 amide bonds. The zero-order valence-electron chi connectivity index (χ0n) is 11.7. The number of methoxy groups -OCH3 is 1. The average molecular weight is 265 g/mol. The molecule has 0 aromatic heterocycles. The maximum absolute atomic E-state index is 10.5. The first kappa shape index (κ1) is 15.5. The quantitative estimate of drug-likeness (QED) is 0.674. The number of aliphatic carboxylic acids is 1. The summed E-state index contributed by atoms with van der Waals surface area (Å²) in [7, 11) is 1.67. The molecule has 19 heavy (non-hydrogen) atoms. The van der Waals surface area contributed by atoms with Gasteiger partial charge in [-0.15, -0.1) is 0 Å². The molecule has 0 heterocycles. The van der Waals surface area contributed by atoms with Crippen LogP contribution in [0.15, 0.2) is 24.3 Å². The second-order valence-corrected chi connectivity index (χ2v) is 4.81. The van der Waals surface area contributed by atoms with E-state index < -0.39 is 5.97 Å². The Hall–Kier alpha value is -1.55. The monoisotopic (exact) mass is 265 g/mol. The van der Waals surface area contributed by atoms with Gasteiger partial charge in [0.2, 0.25) is 0 Å². The molecule has 0 aliphatic rings. The Labute approximate surface area is 114 Å². The Morgan fingerprint density at radius 1 is 1.37 bits per heavy atom. The molecule has 4 heteroatoms. The molecule has 0 saturated carbocycles. The summed E-state index contributed by atoms with van der Waals surface area (Å²) < 4.78 is 5.28. The number of benzene rings is 1. The van der Waals surface area contributed by atoms with E-state index in [-0.39, 0.29) is 6.42 Å². The van der Waals surface area contributed by atoms with E-state index in [9.17, 15) is 4.79 Å². The highest BCUT2D eigenvalue weighted by Gasteiger charge is 2.05. The van der Waals surface area contributed by atoms with Crippen LogP contribution < -0.4 is 10.1 Å². The third-order valence-electron chi connectivity index (χ3n) is 3.17. The Bertz CT molecular complexity index is 393. The van der Waals surface area contributed by atoms with Gasteiger partial charge in [0.15, 0.2) is 0 Å². The largest absolute Gasteiger partial charge is 0.496 e. The van der Waals surface area contributed by atoms with E-state index in [0.717, 1.165) is 37.2 Å². The van der Waals surface area contributed by atoms with Crippen LogP contribution in [-0.2, 0) is 11.3 Å². The van der Waals surface area contributed by atoms with Gasteiger partial charge in [-0.3, -0.25) is 4.79 Å². The van der Waals surface area contributed by atoms with E-state index >= 15 is 0 Å². The number of ether oxygens (including phenoxy) is 1. The number of para-hydroxylation sites is 1. The summed E-state index contributed by atoms with van der Waals surface area (Å²) in [5.41, 5.74) is 1.14. The number of nitrogens with one attached hydrogen (secondary N) is 1. The Balaban J connectivity index is 2.21. The van der Waals surface area contributed by atoms with Crippen LogP contribution in [0.5, 0.6) is 5.75 Å². The second kappa shape index (κ2) is 8.53. The molecule has 0 bridgehead atoms. The molecule has 0 radical (unpaired) electrons. The van der Waals surface area contributed by atoms with E-state index in [1.807, 2.05) is 24.3 Å². The number of carbonyl (C=O) groups is 1. The minimum absolute atomic E-state index is 0.258. The zero-order chi connectivity index (χ0) is 14.1. The van der Waals surface area contributed by atoms with Crippen LogP contribution in [0.3, 0.4) is 0 Å². The highest BCUT2D eigenvalue weighted by Crippen LogP contribution is 2.16. The minimum Gasteiger partial charge on any atom is -0.496 e. The van der Waals surface area contributed by atoms with Crippen LogP contribution in [0.4, 0.5) is 0 Å². The van der Waals surface area contributed by atoms with Crippen LogP contribution >= 0.6 is 0 Å². The highest BCUT2D eigenvalue weighted by molar-refractivity contribution is 5.66. The third-order valence-corrected chi connectivity index (χ3v) is 3.17. The fraction of sp³-hybridized carbons (Fsp3) is 0.533. The van der Waals surface area contributed by atoms with Crippen LogP contribution in [0.2, 0.25) is 0 Å². The summed E-state index contributed by atoms with van der Waals surface area (Å²) >= 11 is 0. The molecule has 4 nitrogen and oxygen atoms in total. The van der Waals surface area contributed by atoms with Gasteiger partial charge in [0.1, 0.15) is 5.75 Å². The summed E-state index contributed by atoms with van der Waals surface area (Å²) in [5, 5.41) is 12.0. The molecule has 1 rings (SSSR count). The van der Waals surface area contributed by atoms with E-state index in [0.29, 0.717) is 5.92 Å². The third kappa shape index (κ3) is 6.25. The van der Waals surface area contributed by atoms with E-state index in [4.69, 9.17) is 9.84 Å². The molecule has 0 saturated heterocycles. The van der Waals surface area contributed by atoms with Crippen LogP contribution in [0.1, 0.15) is 31.7 Å². The molecule has 1 aromatic carbocycles. The molecule has 2 N–H and O–H groups in total. The number of rotatable bonds is 9. The summed E-state index contributed by atoms with van der Waals surface area (Å²) in [6.07, 6.45) is 1.99. The maximum Gasteiger partial charge on any atom is 0.303 e. The smallest absolute Gasteiger partial charge is 0.303 e. The van der Waals surface area contributed by atoms with Gasteiger partial charge in [-0.05, 0) is 31.4 Å². The minimum atomic E-state index is -0.714. The molecule has 106 valence electrons. The molecule has 0 aliphatic heterocycles. The summed E-state index contributed by atoms with van der Waals surface area (Å²) in [6, 6.07) is 7.94. The average Bonchev–Trinajstić information content (AvgIpc) is 2.41. The lowest BCUT2D eigenvalue weighted by atomic mass is 10.0. The second-order valence-electron chi connectivity index (χ2n) is 4.81. The van der Waals surface area contributed by atoms with Gasteiger partial charge >= 0.3 is 5.97 Å². The molecular weight excluding hydrogens is 242 g/mol. The number of hydrogen-bond acceptors (Lipinski definition) is 3. The first-order chi connectivity index (χ1) is 9.13. The van der Waals surface area contributed by atoms with Crippen molar-refractivity contribution < 1.29 is 14.6 Å². The van der Waals surface area contributed by atoms with Crippen LogP contribution in [0.25, 0.3) is 0 Å². The summed E-state index contributed by atoms with van der Waals surface area (Å²) in [5.74, 6) is 0.615. The maximum atomic E-state index is 10.5. The van der Waals surface area contributed by atoms with Crippen molar-refractivity contribution in [2.75, 3.05) is 13.7 Å². The Morgan fingerprint density at radius 3 is 2.79 bits per heavy atom. The molecule has 0 fully saturated rings. The molecule has 0 spiro atoms. The molecule has 1 atom stereocenters. The van der Waals surface area contributed by atoms with E-state index in [1.54, 1.807) is 7.11 Å². The number of hydrogen-bond donors (Lipinski definition) is 2. The van der Waals surface area contributed by atoms with E-state index in [1.165, 1.54) is 0 Å². The predicted octanol–water partition coefficient (Wildman–Crippen LogP) is 2.68. The molecule has 1 unspecified atom stereocenters. The van der Waals surface area contributed by atoms with Gasteiger partial charge < -0.3 is 15.2 Å². The molecule has 0 aliphatic carbocycles. The SMILES string of the molecule is COc1ccccc1CNCCC(C)CCC(=O)O. The topological polar surface area (TPSA) is 58.6 Å². The van der Waals surface area contributed by atoms with Crippen molar-refractivity contribution in [3.05, 3.63) is 29.8 Å². The lowest BCUT2D eigenvalue weighted by molar-refractivity contribution is -0.137. The molecular formula is C15H23NO3. The van der Waals surface area contributed by atoms with Crippen LogP contribution in [0, 0.1) is 5.92 Å². The summed E-state index contributed by atoms with van der Waals surface area (Å²) in [6.45, 7) is 3.75. The first-order valence-electron chi connectivity index (χ1n) is 6.68. The summed E-state index contributed by atoms with van der Waals surface area (Å²) in [4.78, 5) is 10.5. The van der Waals surface area contributed by atoms with Crippen molar-refractivity contribution in [1.82, 2.24) is 5.32 Å². The van der Waals surface area contributed by atoms with Crippen molar-refractivity contribution in [3.8, 4) is 5.75 Å². The first-order valence-corrected chi connectivity index (χ1v) is 6.68. The van der Waals surface area contributed by atoms with Gasteiger partial charge in [-0.1, -0.05) is 25.1 Å². The highest BCUT2D eigenvalue weighted by atomic mass is 16.5. The Kier molecular flexibility index (Phi) is 6.97.